The predicted molar refractivity (Wildman–Crippen MR) is 95.3 cm³/mol. The molecule has 7 heteroatoms. The van der Waals surface area contributed by atoms with Crippen LogP contribution >= 0.6 is 11.8 Å². The van der Waals surface area contributed by atoms with Gasteiger partial charge in [0.1, 0.15) is 17.4 Å². The molecule has 1 aromatic heterocycles. The molecule has 0 saturated carbocycles. The van der Waals surface area contributed by atoms with Gasteiger partial charge < -0.3 is 9.73 Å². The standard InChI is InChI=1S/C17H16N4O2S/c1-2-24-17(20-13-7-4-3-5-8-13)15(11-18)16(22)21-19-12-14-9-6-10-23-14/h3-10,12,20H,2H2,1H3,(H,21,22)/b17-15+,19-12+. The molecular formula is C17H16N4O2S. The Kier molecular flexibility index (Phi) is 6.68. The van der Waals surface area contributed by atoms with Crippen LogP contribution in [0.3, 0.4) is 0 Å². The second-order valence-electron chi connectivity index (χ2n) is 4.45. The number of hydrogen-bond donors (Lipinski definition) is 2. The molecule has 0 aliphatic heterocycles. The highest BCUT2D eigenvalue weighted by Gasteiger charge is 2.15. The second kappa shape index (κ2) is 9.22. The van der Waals surface area contributed by atoms with E-state index < -0.39 is 5.91 Å². The van der Waals surface area contributed by atoms with Gasteiger partial charge >= 0.3 is 0 Å². The Morgan fingerprint density at radius 3 is 2.75 bits per heavy atom. The van der Waals surface area contributed by atoms with Crippen molar-refractivity contribution in [1.29, 1.82) is 5.26 Å². The largest absolute Gasteiger partial charge is 0.463 e. The minimum atomic E-state index is -0.584. The first-order valence-corrected chi connectivity index (χ1v) is 8.19. The molecule has 2 aromatic rings. The quantitative estimate of drug-likeness (QED) is 0.349. The van der Waals surface area contributed by atoms with Crippen molar-refractivity contribution < 1.29 is 9.21 Å². The van der Waals surface area contributed by atoms with E-state index in [0.717, 1.165) is 5.69 Å². The summed E-state index contributed by atoms with van der Waals surface area (Å²) in [7, 11) is 0. The Morgan fingerprint density at radius 2 is 2.12 bits per heavy atom. The van der Waals surface area contributed by atoms with Crippen LogP contribution < -0.4 is 10.7 Å². The molecule has 2 rings (SSSR count). The SMILES string of the molecule is CCS/C(Nc1ccccc1)=C(\C#N)C(=O)N/N=C/c1ccco1. The lowest BCUT2D eigenvalue weighted by molar-refractivity contribution is -0.117. The number of para-hydroxylation sites is 1. The summed E-state index contributed by atoms with van der Waals surface area (Å²) in [5, 5.41) is 16.7. The molecular weight excluding hydrogens is 324 g/mol. The highest BCUT2D eigenvalue weighted by molar-refractivity contribution is 8.03. The second-order valence-corrected chi connectivity index (χ2v) is 5.73. The zero-order chi connectivity index (χ0) is 17.2. The topological polar surface area (TPSA) is 90.4 Å². The number of rotatable bonds is 7. The van der Waals surface area contributed by atoms with E-state index in [9.17, 15) is 10.1 Å². The molecule has 0 saturated heterocycles. The summed E-state index contributed by atoms with van der Waals surface area (Å²) in [5.41, 5.74) is 3.11. The van der Waals surface area contributed by atoms with Gasteiger partial charge in [0.25, 0.3) is 5.91 Å². The van der Waals surface area contributed by atoms with E-state index in [-0.39, 0.29) is 5.57 Å². The fourth-order valence-corrected chi connectivity index (χ4v) is 2.51. The summed E-state index contributed by atoms with van der Waals surface area (Å²) in [6.07, 6.45) is 2.87. The number of nitrogens with zero attached hydrogens (tertiary/aromatic N) is 2. The predicted octanol–water partition coefficient (Wildman–Crippen LogP) is 3.33. The number of thioether (sulfide) groups is 1. The fraction of sp³-hybridized carbons (Fsp3) is 0.118. The third-order valence-corrected chi connectivity index (χ3v) is 3.67. The van der Waals surface area contributed by atoms with Crippen LogP contribution in [-0.4, -0.2) is 17.9 Å². The van der Waals surface area contributed by atoms with Gasteiger partial charge in [-0.3, -0.25) is 4.79 Å². The Hall–Kier alpha value is -2.98. The monoisotopic (exact) mass is 340 g/mol. The number of anilines is 1. The van der Waals surface area contributed by atoms with Crippen molar-refractivity contribution in [3.63, 3.8) is 0 Å². The maximum atomic E-state index is 12.2. The van der Waals surface area contributed by atoms with Gasteiger partial charge in [-0.05, 0) is 30.0 Å². The maximum absolute atomic E-state index is 12.2. The molecule has 1 heterocycles. The molecule has 0 unspecified atom stereocenters. The zero-order valence-electron chi connectivity index (χ0n) is 13.0. The molecule has 0 spiro atoms. The molecule has 0 radical (unpaired) electrons. The minimum absolute atomic E-state index is 0.0257. The maximum Gasteiger partial charge on any atom is 0.284 e. The average Bonchev–Trinajstić information content (AvgIpc) is 3.10. The van der Waals surface area contributed by atoms with Crippen LogP contribution in [0.25, 0.3) is 0 Å². The molecule has 0 aliphatic carbocycles. The van der Waals surface area contributed by atoms with Crippen LogP contribution in [-0.2, 0) is 4.79 Å². The van der Waals surface area contributed by atoms with E-state index in [1.807, 2.05) is 43.3 Å². The summed E-state index contributed by atoms with van der Waals surface area (Å²) in [6, 6.07) is 14.7. The third-order valence-electron chi connectivity index (χ3n) is 2.79. The Bertz CT molecular complexity index is 762. The van der Waals surface area contributed by atoms with Crippen molar-refractivity contribution in [2.24, 2.45) is 5.10 Å². The lowest BCUT2D eigenvalue weighted by atomic mass is 10.3. The van der Waals surface area contributed by atoms with Gasteiger partial charge in [0.15, 0.2) is 0 Å². The number of benzene rings is 1. The van der Waals surface area contributed by atoms with Crippen LogP contribution in [0.4, 0.5) is 5.69 Å². The number of nitriles is 1. The smallest absolute Gasteiger partial charge is 0.284 e. The molecule has 1 amide bonds. The van der Waals surface area contributed by atoms with Crippen molar-refractivity contribution in [3.8, 4) is 6.07 Å². The summed E-state index contributed by atoms with van der Waals surface area (Å²) in [6.45, 7) is 1.94. The Morgan fingerprint density at radius 1 is 1.33 bits per heavy atom. The summed E-state index contributed by atoms with van der Waals surface area (Å²) in [5.74, 6) is 0.631. The highest BCUT2D eigenvalue weighted by atomic mass is 32.2. The first kappa shape index (κ1) is 17.4. The number of amides is 1. The van der Waals surface area contributed by atoms with E-state index in [1.54, 1.807) is 12.1 Å². The van der Waals surface area contributed by atoms with E-state index in [4.69, 9.17) is 4.42 Å². The molecule has 24 heavy (non-hydrogen) atoms. The number of nitrogens with one attached hydrogen (secondary N) is 2. The van der Waals surface area contributed by atoms with Gasteiger partial charge in [-0.15, -0.1) is 11.8 Å². The van der Waals surface area contributed by atoms with Gasteiger partial charge in [-0.2, -0.15) is 10.4 Å². The lowest BCUT2D eigenvalue weighted by Gasteiger charge is -2.11. The average molecular weight is 340 g/mol. The van der Waals surface area contributed by atoms with Crippen LogP contribution in [0.2, 0.25) is 0 Å². The Labute approximate surface area is 144 Å². The fourth-order valence-electron chi connectivity index (χ4n) is 1.75. The van der Waals surface area contributed by atoms with Gasteiger partial charge in [-0.25, -0.2) is 5.43 Å². The molecule has 2 N–H and O–H groups in total. The number of carbonyl (C=O) groups excluding carboxylic acids is 1. The van der Waals surface area contributed by atoms with Crippen molar-refractivity contribution >= 4 is 29.6 Å². The molecule has 6 nitrogen and oxygen atoms in total. The molecule has 122 valence electrons. The van der Waals surface area contributed by atoms with E-state index >= 15 is 0 Å². The van der Waals surface area contributed by atoms with E-state index in [1.165, 1.54) is 24.2 Å². The number of furan rings is 1. The molecule has 0 bridgehead atoms. The summed E-state index contributed by atoms with van der Waals surface area (Å²) in [4.78, 5) is 12.2. The molecule has 0 aliphatic rings. The van der Waals surface area contributed by atoms with Crippen molar-refractivity contribution in [2.45, 2.75) is 6.92 Å². The van der Waals surface area contributed by atoms with Crippen molar-refractivity contribution in [1.82, 2.24) is 5.43 Å². The van der Waals surface area contributed by atoms with Crippen LogP contribution in [0.1, 0.15) is 12.7 Å². The molecule has 0 fully saturated rings. The first-order chi connectivity index (χ1) is 11.7. The third kappa shape index (κ3) is 5.04. The van der Waals surface area contributed by atoms with Gasteiger partial charge in [0.2, 0.25) is 0 Å². The number of carbonyl (C=O) groups is 1. The highest BCUT2D eigenvalue weighted by Crippen LogP contribution is 2.22. The van der Waals surface area contributed by atoms with Crippen LogP contribution in [0.5, 0.6) is 0 Å². The minimum Gasteiger partial charge on any atom is -0.463 e. The summed E-state index contributed by atoms with van der Waals surface area (Å²) >= 11 is 1.38. The first-order valence-electron chi connectivity index (χ1n) is 7.20. The van der Waals surface area contributed by atoms with Crippen molar-refractivity contribution in [3.05, 3.63) is 65.1 Å². The number of hydrazone groups is 1. The molecule has 1 aromatic carbocycles. The van der Waals surface area contributed by atoms with E-state index in [0.29, 0.717) is 16.5 Å². The van der Waals surface area contributed by atoms with Crippen molar-refractivity contribution in [2.75, 3.05) is 11.1 Å². The molecule has 0 atom stereocenters. The normalized spacial score (nSPS) is 11.7. The number of hydrogen-bond acceptors (Lipinski definition) is 6. The van der Waals surface area contributed by atoms with Gasteiger partial charge in [0.05, 0.1) is 17.5 Å². The Balaban J connectivity index is 2.14. The van der Waals surface area contributed by atoms with Gasteiger partial charge in [-0.1, -0.05) is 25.1 Å². The lowest BCUT2D eigenvalue weighted by Crippen LogP contribution is -2.21. The van der Waals surface area contributed by atoms with Gasteiger partial charge in [0, 0.05) is 5.69 Å². The van der Waals surface area contributed by atoms with Crippen LogP contribution in [0.15, 0.2) is 68.8 Å². The zero-order valence-corrected chi connectivity index (χ0v) is 13.8. The summed E-state index contributed by atoms with van der Waals surface area (Å²) < 4.78 is 5.07. The van der Waals surface area contributed by atoms with E-state index in [2.05, 4.69) is 15.8 Å². The van der Waals surface area contributed by atoms with Crippen LogP contribution in [0, 0.1) is 11.3 Å².